The summed E-state index contributed by atoms with van der Waals surface area (Å²) >= 11 is 9.51. The average Bonchev–Trinajstić information content (AvgIpc) is 3.16. The van der Waals surface area contributed by atoms with Gasteiger partial charge in [-0.15, -0.1) is 0 Å². The SMILES string of the molecule is Oc1cc(OCc2cccc(Cl)c2)ccc1C1NNCC1Oc1ccccc1Br. The lowest BCUT2D eigenvalue weighted by molar-refractivity contribution is 0.194. The summed E-state index contributed by atoms with van der Waals surface area (Å²) in [4.78, 5) is 0. The predicted molar refractivity (Wildman–Crippen MR) is 116 cm³/mol. The van der Waals surface area contributed by atoms with Gasteiger partial charge < -0.3 is 14.6 Å². The molecule has 0 bridgehead atoms. The van der Waals surface area contributed by atoms with Gasteiger partial charge >= 0.3 is 0 Å². The minimum Gasteiger partial charge on any atom is -0.507 e. The van der Waals surface area contributed by atoms with E-state index in [9.17, 15) is 5.11 Å². The zero-order valence-electron chi connectivity index (χ0n) is 15.4. The molecule has 1 saturated heterocycles. The first-order chi connectivity index (χ1) is 14.1. The van der Waals surface area contributed by atoms with Crippen LogP contribution in [-0.2, 0) is 6.61 Å². The third kappa shape index (κ3) is 4.85. The molecule has 1 aliphatic rings. The second kappa shape index (κ2) is 9.05. The first-order valence-corrected chi connectivity index (χ1v) is 10.4. The molecule has 0 aliphatic carbocycles. The lowest BCUT2D eigenvalue weighted by Crippen LogP contribution is -2.28. The van der Waals surface area contributed by atoms with Crippen molar-refractivity contribution in [1.29, 1.82) is 0 Å². The first kappa shape index (κ1) is 20.0. The Kier molecular flexibility index (Phi) is 6.25. The van der Waals surface area contributed by atoms with E-state index in [1.165, 1.54) is 0 Å². The van der Waals surface area contributed by atoms with E-state index in [4.69, 9.17) is 21.1 Å². The molecule has 7 heteroatoms. The van der Waals surface area contributed by atoms with Crippen LogP contribution in [0.2, 0.25) is 5.02 Å². The summed E-state index contributed by atoms with van der Waals surface area (Å²) in [5.74, 6) is 1.49. The van der Waals surface area contributed by atoms with Crippen molar-refractivity contribution in [2.45, 2.75) is 18.8 Å². The summed E-state index contributed by atoms with van der Waals surface area (Å²) in [6, 6.07) is 20.3. The van der Waals surface area contributed by atoms with Crippen molar-refractivity contribution >= 4 is 27.5 Å². The van der Waals surface area contributed by atoms with Crippen LogP contribution >= 0.6 is 27.5 Å². The summed E-state index contributed by atoms with van der Waals surface area (Å²) in [6.45, 7) is 0.981. The Bertz CT molecular complexity index is 1000. The molecule has 3 aromatic carbocycles. The maximum atomic E-state index is 10.6. The average molecular weight is 476 g/mol. The highest BCUT2D eigenvalue weighted by atomic mass is 79.9. The summed E-state index contributed by atoms with van der Waals surface area (Å²) < 4.78 is 12.8. The predicted octanol–water partition coefficient (Wildman–Crippen LogP) is 4.98. The second-order valence-corrected chi connectivity index (χ2v) is 8.02. The number of hydrazine groups is 1. The summed E-state index contributed by atoms with van der Waals surface area (Å²) in [5, 5.41) is 11.3. The topological polar surface area (TPSA) is 62.8 Å². The number of nitrogens with one attached hydrogen (secondary N) is 2. The summed E-state index contributed by atoms with van der Waals surface area (Å²) in [6.07, 6.45) is -0.183. The Morgan fingerprint density at radius 2 is 1.93 bits per heavy atom. The first-order valence-electron chi connectivity index (χ1n) is 9.20. The maximum absolute atomic E-state index is 10.6. The normalized spacial score (nSPS) is 18.6. The van der Waals surface area contributed by atoms with Gasteiger partial charge in [0.1, 0.15) is 30.0 Å². The Labute approximate surface area is 182 Å². The van der Waals surface area contributed by atoms with Gasteiger partial charge in [-0.1, -0.05) is 35.9 Å². The zero-order chi connectivity index (χ0) is 20.2. The van der Waals surface area contributed by atoms with Crippen LogP contribution < -0.4 is 20.3 Å². The van der Waals surface area contributed by atoms with Crippen molar-refractivity contribution in [2.24, 2.45) is 0 Å². The lowest BCUT2D eigenvalue weighted by atomic mass is 10.0. The number of halogens is 2. The molecule has 0 radical (unpaired) electrons. The van der Waals surface area contributed by atoms with Gasteiger partial charge in [0.25, 0.3) is 0 Å². The molecule has 1 aliphatic heterocycles. The number of benzene rings is 3. The molecule has 0 amide bonds. The molecule has 0 saturated carbocycles. The van der Waals surface area contributed by atoms with E-state index in [0.717, 1.165) is 21.3 Å². The van der Waals surface area contributed by atoms with Crippen LogP contribution in [0.15, 0.2) is 71.2 Å². The van der Waals surface area contributed by atoms with Gasteiger partial charge in [-0.3, -0.25) is 5.43 Å². The van der Waals surface area contributed by atoms with Gasteiger partial charge in [-0.2, -0.15) is 0 Å². The van der Waals surface area contributed by atoms with Crippen LogP contribution in [0.1, 0.15) is 17.2 Å². The highest BCUT2D eigenvalue weighted by Crippen LogP contribution is 2.34. The number of phenolic OH excluding ortho intramolecular Hbond substituents is 1. The molecular formula is C22H20BrClN2O3. The van der Waals surface area contributed by atoms with Crippen LogP contribution in [0.4, 0.5) is 0 Å². The Morgan fingerprint density at radius 3 is 2.72 bits per heavy atom. The molecule has 4 rings (SSSR count). The van der Waals surface area contributed by atoms with Gasteiger partial charge in [0.2, 0.25) is 0 Å². The van der Waals surface area contributed by atoms with Gasteiger partial charge in [0.15, 0.2) is 0 Å². The van der Waals surface area contributed by atoms with E-state index >= 15 is 0 Å². The molecular weight excluding hydrogens is 456 g/mol. The fraction of sp³-hybridized carbons (Fsp3) is 0.182. The maximum Gasteiger partial charge on any atom is 0.134 e. The minimum absolute atomic E-state index is 0.149. The van der Waals surface area contributed by atoms with E-state index in [2.05, 4.69) is 26.8 Å². The number of phenols is 1. The molecule has 0 spiro atoms. The molecule has 3 N–H and O–H groups in total. The molecule has 0 aromatic heterocycles. The molecule has 2 atom stereocenters. The minimum atomic E-state index is -0.205. The molecule has 150 valence electrons. The van der Waals surface area contributed by atoms with E-state index in [1.807, 2.05) is 60.7 Å². The number of ether oxygens (including phenoxy) is 2. The van der Waals surface area contributed by atoms with Gasteiger partial charge in [-0.25, -0.2) is 5.43 Å². The van der Waals surface area contributed by atoms with Crippen molar-refractivity contribution in [3.8, 4) is 17.2 Å². The van der Waals surface area contributed by atoms with Crippen molar-refractivity contribution < 1.29 is 14.6 Å². The molecule has 1 heterocycles. The van der Waals surface area contributed by atoms with Crippen molar-refractivity contribution in [3.63, 3.8) is 0 Å². The van der Waals surface area contributed by atoms with Crippen molar-refractivity contribution in [2.75, 3.05) is 6.54 Å². The van der Waals surface area contributed by atoms with E-state index in [0.29, 0.717) is 23.9 Å². The molecule has 29 heavy (non-hydrogen) atoms. The number of aromatic hydroxyl groups is 1. The fourth-order valence-electron chi connectivity index (χ4n) is 3.24. The molecule has 1 fully saturated rings. The largest absolute Gasteiger partial charge is 0.507 e. The van der Waals surface area contributed by atoms with E-state index in [1.54, 1.807) is 6.07 Å². The van der Waals surface area contributed by atoms with Crippen molar-refractivity contribution in [3.05, 3.63) is 87.4 Å². The highest BCUT2D eigenvalue weighted by molar-refractivity contribution is 9.10. The third-order valence-corrected chi connectivity index (χ3v) is 5.57. The molecule has 5 nitrogen and oxygen atoms in total. The Hall–Kier alpha value is -2.25. The smallest absolute Gasteiger partial charge is 0.134 e. The number of para-hydroxylation sites is 1. The van der Waals surface area contributed by atoms with Crippen LogP contribution in [0.5, 0.6) is 17.2 Å². The second-order valence-electron chi connectivity index (χ2n) is 6.73. The van der Waals surface area contributed by atoms with Crippen LogP contribution in [-0.4, -0.2) is 17.8 Å². The Morgan fingerprint density at radius 1 is 1.07 bits per heavy atom. The standard InChI is InChI=1S/C22H20BrClN2O3/c23-18-6-1-2-7-20(18)29-21-12-25-26-22(21)17-9-8-16(11-19(17)27)28-13-14-4-3-5-15(24)10-14/h1-11,21-22,25-27H,12-13H2. The lowest BCUT2D eigenvalue weighted by Gasteiger charge is -2.22. The van der Waals surface area contributed by atoms with E-state index in [-0.39, 0.29) is 17.9 Å². The Balaban J connectivity index is 1.46. The molecule has 2 unspecified atom stereocenters. The van der Waals surface area contributed by atoms with Gasteiger partial charge in [0, 0.05) is 23.2 Å². The van der Waals surface area contributed by atoms with E-state index < -0.39 is 0 Å². The molecule has 3 aromatic rings. The quantitative estimate of drug-likeness (QED) is 0.469. The van der Waals surface area contributed by atoms with Gasteiger partial charge in [0.05, 0.1) is 10.5 Å². The van der Waals surface area contributed by atoms with Crippen LogP contribution in [0.3, 0.4) is 0 Å². The van der Waals surface area contributed by atoms with Crippen LogP contribution in [0, 0.1) is 0 Å². The summed E-state index contributed by atoms with van der Waals surface area (Å²) in [5.41, 5.74) is 7.99. The number of hydrogen-bond acceptors (Lipinski definition) is 5. The summed E-state index contributed by atoms with van der Waals surface area (Å²) in [7, 11) is 0. The third-order valence-electron chi connectivity index (χ3n) is 4.68. The monoisotopic (exact) mass is 474 g/mol. The number of rotatable bonds is 6. The van der Waals surface area contributed by atoms with Gasteiger partial charge in [-0.05, 0) is 57.9 Å². The van der Waals surface area contributed by atoms with Crippen LogP contribution in [0.25, 0.3) is 0 Å². The fourth-order valence-corrected chi connectivity index (χ4v) is 3.83. The zero-order valence-corrected chi connectivity index (χ0v) is 17.8. The number of hydrogen-bond donors (Lipinski definition) is 3. The highest BCUT2D eigenvalue weighted by Gasteiger charge is 2.32. The van der Waals surface area contributed by atoms with Crippen molar-refractivity contribution in [1.82, 2.24) is 10.9 Å².